The Hall–Kier alpha value is -0.930. The molecule has 3 heteroatoms. The molecule has 1 aliphatic heterocycles. The fourth-order valence-corrected chi connectivity index (χ4v) is 1.48. The van der Waals surface area contributed by atoms with E-state index in [4.69, 9.17) is 0 Å². The van der Waals surface area contributed by atoms with Crippen LogP contribution in [-0.4, -0.2) is 24.2 Å². The van der Waals surface area contributed by atoms with Crippen LogP contribution in [-0.2, 0) is 6.42 Å². The van der Waals surface area contributed by atoms with Gasteiger partial charge in [0.05, 0.1) is 0 Å². The standard InChI is InChI=1S/C9H13N3/c1-2-8(5-10-3-1)4-9-6-11-7-12-9/h1-3,5,9,11-12H,4,6-7H2. The molecule has 0 amide bonds. The number of hydrogen-bond donors (Lipinski definition) is 2. The fraction of sp³-hybridized carbons (Fsp3) is 0.444. The molecule has 0 radical (unpaired) electrons. The molecule has 1 aliphatic rings. The number of nitrogens with one attached hydrogen (secondary N) is 2. The zero-order valence-electron chi connectivity index (χ0n) is 6.96. The Balaban J connectivity index is 1.94. The molecular formula is C9H13N3. The number of pyridine rings is 1. The van der Waals surface area contributed by atoms with E-state index in [0.717, 1.165) is 19.6 Å². The van der Waals surface area contributed by atoms with E-state index < -0.39 is 0 Å². The lowest BCUT2D eigenvalue weighted by Crippen LogP contribution is -2.25. The van der Waals surface area contributed by atoms with Crippen LogP contribution >= 0.6 is 0 Å². The molecule has 2 rings (SSSR count). The van der Waals surface area contributed by atoms with E-state index in [-0.39, 0.29) is 0 Å². The van der Waals surface area contributed by atoms with E-state index in [1.165, 1.54) is 5.56 Å². The molecule has 1 unspecified atom stereocenters. The molecule has 0 aliphatic carbocycles. The minimum atomic E-state index is 0.578. The molecule has 2 heterocycles. The molecule has 0 saturated carbocycles. The highest BCUT2D eigenvalue weighted by Gasteiger charge is 2.12. The van der Waals surface area contributed by atoms with Crippen molar-refractivity contribution in [3.05, 3.63) is 30.1 Å². The van der Waals surface area contributed by atoms with Crippen LogP contribution in [0.4, 0.5) is 0 Å². The Morgan fingerprint density at radius 2 is 2.58 bits per heavy atom. The topological polar surface area (TPSA) is 37.0 Å². The second-order valence-corrected chi connectivity index (χ2v) is 3.10. The summed E-state index contributed by atoms with van der Waals surface area (Å²) in [6.45, 7) is 2.00. The summed E-state index contributed by atoms with van der Waals surface area (Å²) in [6, 6.07) is 4.68. The van der Waals surface area contributed by atoms with Gasteiger partial charge in [0.25, 0.3) is 0 Å². The van der Waals surface area contributed by atoms with E-state index in [1.54, 1.807) is 0 Å². The van der Waals surface area contributed by atoms with E-state index in [1.807, 2.05) is 18.5 Å². The van der Waals surface area contributed by atoms with Gasteiger partial charge in [-0.3, -0.25) is 4.98 Å². The van der Waals surface area contributed by atoms with Gasteiger partial charge in [-0.2, -0.15) is 0 Å². The molecule has 1 saturated heterocycles. The number of nitrogens with zero attached hydrogens (tertiary/aromatic N) is 1. The maximum absolute atomic E-state index is 4.08. The van der Waals surface area contributed by atoms with Crippen molar-refractivity contribution in [2.24, 2.45) is 0 Å². The molecule has 12 heavy (non-hydrogen) atoms. The van der Waals surface area contributed by atoms with Gasteiger partial charge in [0.2, 0.25) is 0 Å². The lowest BCUT2D eigenvalue weighted by Gasteiger charge is -2.07. The van der Waals surface area contributed by atoms with Gasteiger partial charge < -0.3 is 10.6 Å². The van der Waals surface area contributed by atoms with Crippen LogP contribution in [0.15, 0.2) is 24.5 Å². The van der Waals surface area contributed by atoms with Gasteiger partial charge in [-0.25, -0.2) is 0 Å². The molecular weight excluding hydrogens is 150 g/mol. The first kappa shape index (κ1) is 7.71. The molecule has 64 valence electrons. The first-order valence-electron chi connectivity index (χ1n) is 4.28. The normalized spacial score (nSPS) is 22.8. The van der Waals surface area contributed by atoms with Gasteiger partial charge >= 0.3 is 0 Å². The monoisotopic (exact) mass is 163 g/mol. The summed E-state index contributed by atoms with van der Waals surface area (Å²) in [5.41, 5.74) is 1.30. The van der Waals surface area contributed by atoms with Gasteiger partial charge in [0.15, 0.2) is 0 Å². The van der Waals surface area contributed by atoms with Crippen molar-refractivity contribution in [1.29, 1.82) is 0 Å². The fourth-order valence-electron chi connectivity index (χ4n) is 1.48. The summed E-state index contributed by atoms with van der Waals surface area (Å²) in [5.74, 6) is 0. The first-order chi connectivity index (χ1) is 5.95. The Morgan fingerprint density at radius 3 is 3.25 bits per heavy atom. The molecule has 1 aromatic rings. The summed E-state index contributed by atoms with van der Waals surface area (Å²) >= 11 is 0. The summed E-state index contributed by atoms with van der Waals surface area (Å²) in [6.07, 6.45) is 4.81. The van der Waals surface area contributed by atoms with Crippen LogP contribution in [0, 0.1) is 0 Å². The summed E-state index contributed by atoms with van der Waals surface area (Å²) in [5, 5.41) is 6.63. The predicted molar refractivity (Wildman–Crippen MR) is 47.7 cm³/mol. The molecule has 1 atom stereocenters. The maximum atomic E-state index is 4.08. The number of rotatable bonds is 2. The molecule has 0 aromatic carbocycles. The minimum absolute atomic E-state index is 0.578. The van der Waals surface area contributed by atoms with Crippen LogP contribution in [0.5, 0.6) is 0 Å². The third-order valence-corrected chi connectivity index (χ3v) is 2.11. The average molecular weight is 163 g/mol. The molecule has 3 nitrogen and oxygen atoms in total. The van der Waals surface area contributed by atoms with E-state index in [9.17, 15) is 0 Å². The van der Waals surface area contributed by atoms with Crippen molar-refractivity contribution in [3.8, 4) is 0 Å². The molecule has 0 spiro atoms. The van der Waals surface area contributed by atoms with Crippen molar-refractivity contribution in [3.63, 3.8) is 0 Å². The highest BCUT2D eigenvalue weighted by atomic mass is 15.2. The van der Waals surface area contributed by atoms with Crippen molar-refractivity contribution in [1.82, 2.24) is 15.6 Å². The Bertz CT molecular complexity index is 229. The summed E-state index contributed by atoms with van der Waals surface area (Å²) in [4.78, 5) is 4.08. The molecule has 0 bridgehead atoms. The zero-order chi connectivity index (χ0) is 8.23. The largest absolute Gasteiger partial charge is 0.303 e. The summed E-state index contributed by atoms with van der Waals surface area (Å²) in [7, 11) is 0. The average Bonchev–Trinajstić information content (AvgIpc) is 2.59. The van der Waals surface area contributed by atoms with Gasteiger partial charge in [0.1, 0.15) is 0 Å². The third-order valence-electron chi connectivity index (χ3n) is 2.11. The van der Waals surface area contributed by atoms with Gasteiger partial charge in [-0.1, -0.05) is 6.07 Å². The highest BCUT2D eigenvalue weighted by Crippen LogP contribution is 2.02. The van der Waals surface area contributed by atoms with Crippen molar-refractivity contribution < 1.29 is 0 Å². The van der Waals surface area contributed by atoms with Gasteiger partial charge in [-0.15, -0.1) is 0 Å². The van der Waals surface area contributed by atoms with Crippen LogP contribution < -0.4 is 10.6 Å². The second-order valence-electron chi connectivity index (χ2n) is 3.10. The van der Waals surface area contributed by atoms with E-state index in [0.29, 0.717) is 6.04 Å². The lowest BCUT2D eigenvalue weighted by atomic mass is 10.1. The van der Waals surface area contributed by atoms with Crippen molar-refractivity contribution >= 4 is 0 Å². The van der Waals surface area contributed by atoms with E-state index in [2.05, 4.69) is 21.7 Å². The van der Waals surface area contributed by atoms with Crippen LogP contribution in [0.1, 0.15) is 5.56 Å². The highest BCUT2D eigenvalue weighted by molar-refractivity contribution is 5.10. The number of hydrogen-bond acceptors (Lipinski definition) is 3. The van der Waals surface area contributed by atoms with E-state index >= 15 is 0 Å². The Kier molecular flexibility index (Phi) is 2.34. The second kappa shape index (κ2) is 3.65. The minimum Gasteiger partial charge on any atom is -0.303 e. The quantitative estimate of drug-likeness (QED) is 0.651. The zero-order valence-corrected chi connectivity index (χ0v) is 6.96. The van der Waals surface area contributed by atoms with Crippen LogP contribution in [0.25, 0.3) is 0 Å². The molecule has 1 fully saturated rings. The summed E-state index contributed by atoms with van der Waals surface area (Å²) < 4.78 is 0. The lowest BCUT2D eigenvalue weighted by molar-refractivity contribution is 0.628. The Morgan fingerprint density at radius 1 is 1.58 bits per heavy atom. The van der Waals surface area contributed by atoms with Gasteiger partial charge in [0, 0.05) is 31.6 Å². The number of aromatic nitrogens is 1. The maximum Gasteiger partial charge on any atom is 0.0457 e. The van der Waals surface area contributed by atoms with Gasteiger partial charge in [-0.05, 0) is 18.1 Å². The first-order valence-corrected chi connectivity index (χ1v) is 4.28. The molecule has 1 aromatic heterocycles. The van der Waals surface area contributed by atoms with Crippen molar-refractivity contribution in [2.75, 3.05) is 13.2 Å². The smallest absolute Gasteiger partial charge is 0.0457 e. The van der Waals surface area contributed by atoms with Crippen LogP contribution in [0.2, 0.25) is 0 Å². The van der Waals surface area contributed by atoms with Crippen LogP contribution in [0.3, 0.4) is 0 Å². The third kappa shape index (κ3) is 1.81. The van der Waals surface area contributed by atoms with Crippen molar-refractivity contribution in [2.45, 2.75) is 12.5 Å². The predicted octanol–water partition coefficient (Wildman–Crippen LogP) is 0.143. The Labute approximate surface area is 72.2 Å². The SMILES string of the molecule is c1cncc(CC2CNCN2)c1. The molecule has 2 N–H and O–H groups in total.